The molecule has 0 saturated carbocycles. The summed E-state index contributed by atoms with van der Waals surface area (Å²) in [4.78, 5) is 10.9. The zero-order valence-corrected chi connectivity index (χ0v) is 10.8. The lowest BCUT2D eigenvalue weighted by Crippen LogP contribution is -2.08. The molecule has 0 aliphatic rings. The van der Waals surface area contributed by atoms with Crippen molar-refractivity contribution in [1.29, 1.82) is 0 Å². The summed E-state index contributed by atoms with van der Waals surface area (Å²) in [6.45, 7) is 0. The lowest BCUT2D eigenvalue weighted by Gasteiger charge is -2.09. The average Bonchev–Trinajstić information content (AvgIpc) is 2.28. The highest BCUT2D eigenvalue weighted by Crippen LogP contribution is 2.30. The molecular weight excluding hydrogens is 313 g/mol. The maximum absolute atomic E-state index is 12.5. The van der Waals surface area contributed by atoms with E-state index in [2.05, 4.69) is 15.9 Å². The SMILES string of the molecule is O=C(O)c1cc(C(F)(F)F)ccc1C=CCCBr. The third-order valence-electron chi connectivity index (χ3n) is 2.18. The number of carboxylic acids is 1. The van der Waals surface area contributed by atoms with Crippen LogP contribution in [0.2, 0.25) is 0 Å². The number of carbonyl (C=O) groups is 1. The molecular formula is C12H10BrF3O2. The van der Waals surface area contributed by atoms with Crippen LogP contribution in [-0.2, 0) is 6.18 Å². The Labute approximate surface area is 110 Å². The first kappa shape index (κ1) is 14.8. The van der Waals surface area contributed by atoms with Gasteiger partial charge in [-0.15, -0.1) is 0 Å². The van der Waals surface area contributed by atoms with E-state index < -0.39 is 17.7 Å². The van der Waals surface area contributed by atoms with Gasteiger partial charge >= 0.3 is 12.1 Å². The van der Waals surface area contributed by atoms with Crippen molar-refractivity contribution in [3.8, 4) is 0 Å². The van der Waals surface area contributed by atoms with Crippen LogP contribution >= 0.6 is 15.9 Å². The molecule has 1 aromatic rings. The summed E-state index contributed by atoms with van der Waals surface area (Å²) in [5, 5.41) is 9.60. The number of hydrogen-bond donors (Lipinski definition) is 1. The monoisotopic (exact) mass is 322 g/mol. The Balaban J connectivity index is 3.17. The van der Waals surface area contributed by atoms with Gasteiger partial charge in [-0.2, -0.15) is 13.2 Å². The highest BCUT2D eigenvalue weighted by atomic mass is 79.9. The predicted octanol–water partition coefficient (Wildman–Crippen LogP) is 4.20. The van der Waals surface area contributed by atoms with Gasteiger partial charge in [0.2, 0.25) is 0 Å². The van der Waals surface area contributed by atoms with Crippen molar-refractivity contribution in [1.82, 2.24) is 0 Å². The number of rotatable bonds is 4. The van der Waals surface area contributed by atoms with E-state index in [4.69, 9.17) is 5.11 Å². The Kier molecular flexibility index (Phi) is 4.95. The normalized spacial score (nSPS) is 12.0. The van der Waals surface area contributed by atoms with E-state index >= 15 is 0 Å². The Morgan fingerprint density at radius 1 is 1.39 bits per heavy atom. The molecule has 0 aromatic heterocycles. The number of alkyl halides is 4. The molecule has 0 atom stereocenters. The molecule has 1 N–H and O–H groups in total. The zero-order chi connectivity index (χ0) is 13.8. The second kappa shape index (κ2) is 6.04. The first-order valence-electron chi connectivity index (χ1n) is 5.03. The fraction of sp³-hybridized carbons (Fsp3) is 0.250. The number of halogens is 4. The van der Waals surface area contributed by atoms with Gasteiger partial charge in [-0.05, 0) is 24.1 Å². The Bertz CT molecular complexity index is 467. The van der Waals surface area contributed by atoms with Crippen LogP contribution in [0.4, 0.5) is 13.2 Å². The van der Waals surface area contributed by atoms with Crippen LogP contribution in [0, 0.1) is 0 Å². The average molecular weight is 323 g/mol. The molecule has 0 heterocycles. The van der Waals surface area contributed by atoms with Crippen LogP contribution in [0.1, 0.15) is 27.9 Å². The van der Waals surface area contributed by atoms with Gasteiger partial charge in [0.25, 0.3) is 0 Å². The van der Waals surface area contributed by atoms with Crippen LogP contribution < -0.4 is 0 Å². The number of allylic oxidation sites excluding steroid dienone is 1. The molecule has 0 amide bonds. The number of aromatic carboxylic acids is 1. The Hall–Kier alpha value is -1.30. The lowest BCUT2D eigenvalue weighted by atomic mass is 10.0. The maximum Gasteiger partial charge on any atom is 0.416 e. The van der Waals surface area contributed by atoms with Gasteiger partial charge in [-0.3, -0.25) is 0 Å². The summed E-state index contributed by atoms with van der Waals surface area (Å²) in [7, 11) is 0. The topological polar surface area (TPSA) is 37.3 Å². The third kappa shape index (κ3) is 3.87. The summed E-state index contributed by atoms with van der Waals surface area (Å²) in [5.74, 6) is -1.38. The summed E-state index contributed by atoms with van der Waals surface area (Å²) in [6.07, 6.45) is -0.670. The van der Waals surface area contributed by atoms with Gasteiger partial charge in [0.05, 0.1) is 11.1 Å². The Morgan fingerprint density at radius 2 is 2.06 bits per heavy atom. The summed E-state index contributed by atoms with van der Waals surface area (Å²) in [5.41, 5.74) is -1.05. The van der Waals surface area contributed by atoms with E-state index in [9.17, 15) is 18.0 Å². The van der Waals surface area contributed by atoms with Crippen molar-refractivity contribution in [2.24, 2.45) is 0 Å². The molecule has 0 fully saturated rings. The van der Waals surface area contributed by atoms with Crippen molar-refractivity contribution in [2.45, 2.75) is 12.6 Å². The van der Waals surface area contributed by atoms with Crippen molar-refractivity contribution in [2.75, 3.05) is 5.33 Å². The lowest BCUT2D eigenvalue weighted by molar-refractivity contribution is -0.137. The summed E-state index contributed by atoms with van der Waals surface area (Å²) < 4.78 is 37.4. The fourth-order valence-corrected chi connectivity index (χ4v) is 1.60. The molecule has 0 unspecified atom stereocenters. The van der Waals surface area contributed by atoms with E-state index in [1.54, 1.807) is 6.08 Å². The highest BCUT2D eigenvalue weighted by Gasteiger charge is 2.31. The first-order chi connectivity index (χ1) is 8.36. The summed E-state index contributed by atoms with van der Waals surface area (Å²) in [6, 6.07) is 2.69. The van der Waals surface area contributed by atoms with Crippen molar-refractivity contribution in [3.05, 3.63) is 41.0 Å². The smallest absolute Gasteiger partial charge is 0.416 e. The van der Waals surface area contributed by atoms with Crippen LogP contribution in [0.15, 0.2) is 24.3 Å². The van der Waals surface area contributed by atoms with Crippen molar-refractivity contribution < 1.29 is 23.1 Å². The van der Waals surface area contributed by atoms with E-state index in [0.29, 0.717) is 17.8 Å². The molecule has 0 aliphatic heterocycles. The van der Waals surface area contributed by atoms with Crippen LogP contribution in [0.25, 0.3) is 6.08 Å². The molecule has 18 heavy (non-hydrogen) atoms. The van der Waals surface area contributed by atoms with Gasteiger partial charge < -0.3 is 5.11 Å². The number of carboxylic acid groups (broad SMARTS) is 1. The zero-order valence-electron chi connectivity index (χ0n) is 9.17. The second-order valence-electron chi connectivity index (χ2n) is 3.48. The van der Waals surface area contributed by atoms with E-state index in [-0.39, 0.29) is 11.1 Å². The van der Waals surface area contributed by atoms with Gasteiger partial charge in [-0.1, -0.05) is 34.1 Å². The fourth-order valence-electron chi connectivity index (χ4n) is 1.34. The number of benzene rings is 1. The molecule has 0 radical (unpaired) electrons. The van der Waals surface area contributed by atoms with E-state index in [1.165, 1.54) is 6.08 Å². The molecule has 0 spiro atoms. The highest BCUT2D eigenvalue weighted by molar-refractivity contribution is 9.09. The second-order valence-corrected chi connectivity index (χ2v) is 4.28. The van der Waals surface area contributed by atoms with Crippen LogP contribution in [0.3, 0.4) is 0 Å². The van der Waals surface area contributed by atoms with Crippen molar-refractivity contribution >= 4 is 28.0 Å². The molecule has 1 aromatic carbocycles. The molecule has 0 aliphatic carbocycles. The van der Waals surface area contributed by atoms with Gasteiger partial charge in [0.15, 0.2) is 0 Å². The third-order valence-corrected chi connectivity index (χ3v) is 2.64. The van der Waals surface area contributed by atoms with Crippen molar-refractivity contribution in [3.63, 3.8) is 0 Å². The summed E-state index contributed by atoms with van der Waals surface area (Å²) >= 11 is 3.19. The van der Waals surface area contributed by atoms with E-state index in [1.807, 2.05) is 0 Å². The minimum atomic E-state index is -4.54. The van der Waals surface area contributed by atoms with Crippen LogP contribution in [0.5, 0.6) is 0 Å². The minimum absolute atomic E-state index is 0.261. The molecule has 2 nitrogen and oxygen atoms in total. The molecule has 1 rings (SSSR count). The quantitative estimate of drug-likeness (QED) is 0.843. The largest absolute Gasteiger partial charge is 0.478 e. The van der Waals surface area contributed by atoms with Gasteiger partial charge in [0.1, 0.15) is 0 Å². The first-order valence-corrected chi connectivity index (χ1v) is 6.15. The molecule has 0 saturated heterocycles. The van der Waals surface area contributed by atoms with Gasteiger partial charge in [0, 0.05) is 5.33 Å². The molecule has 98 valence electrons. The minimum Gasteiger partial charge on any atom is -0.478 e. The number of hydrogen-bond acceptors (Lipinski definition) is 1. The molecule has 0 bridgehead atoms. The maximum atomic E-state index is 12.5. The standard InChI is InChI=1S/C12H10BrF3O2/c13-6-2-1-3-8-4-5-9(12(14,15)16)7-10(8)11(17)18/h1,3-5,7H,2,6H2,(H,17,18). The van der Waals surface area contributed by atoms with E-state index in [0.717, 1.165) is 12.1 Å². The Morgan fingerprint density at radius 3 is 2.56 bits per heavy atom. The predicted molar refractivity (Wildman–Crippen MR) is 65.8 cm³/mol. The molecule has 6 heteroatoms. The van der Waals surface area contributed by atoms with Gasteiger partial charge in [-0.25, -0.2) is 4.79 Å². The van der Waals surface area contributed by atoms with Crippen LogP contribution in [-0.4, -0.2) is 16.4 Å².